The van der Waals surface area contributed by atoms with Gasteiger partial charge in [0.15, 0.2) is 0 Å². The van der Waals surface area contributed by atoms with Crippen LogP contribution in [0.1, 0.15) is 30.5 Å². The van der Waals surface area contributed by atoms with Crippen LogP contribution in [-0.4, -0.2) is 49.2 Å². The van der Waals surface area contributed by atoms with E-state index < -0.39 is 20.0 Å². The lowest BCUT2D eigenvalue weighted by molar-refractivity contribution is 0.189. The number of primary sulfonamides is 1. The minimum Gasteiger partial charge on any atom is -0.247 e. The molecule has 0 amide bonds. The van der Waals surface area contributed by atoms with Gasteiger partial charge in [-0.05, 0) is 37.1 Å². The van der Waals surface area contributed by atoms with Crippen LogP contribution >= 0.6 is 0 Å². The van der Waals surface area contributed by atoms with E-state index in [1.165, 1.54) is 28.6 Å². The first-order chi connectivity index (χ1) is 11.7. The molecule has 134 valence electrons. The van der Waals surface area contributed by atoms with Gasteiger partial charge in [0.1, 0.15) is 0 Å². The van der Waals surface area contributed by atoms with E-state index >= 15 is 0 Å². The maximum atomic E-state index is 12.6. The number of hydrogen-bond acceptors (Lipinski definition) is 6. The average Bonchev–Trinajstić information content (AvgIpc) is 3.24. The largest absolute Gasteiger partial charge is 0.247 e. The van der Waals surface area contributed by atoms with E-state index in [9.17, 15) is 16.8 Å². The Hall–Kier alpha value is -1.82. The van der Waals surface area contributed by atoms with Gasteiger partial charge in [0.2, 0.25) is 20.0 Å². The van der Waals surface area contributed by atoms with Gasteiger partial charge in [0.25, 0.3) is 0 Å². The first-order valence-corrected chi connectivity index (χ1v) is 10.8. The van der Waals surface area contributed by atoms with Crippen molar-refractivity contribution in [3.8, 4) is 0 Å². The van der Waals surface area contributed by atoms with Gasteiger partial charge >= 0.3 is 0 Å². The SMILES string of the molecule is NS(=O)(=O)c1ccc(S(=O)(=O)N2CC(n3cc(C4CC4)nn3)C2)cc1. The van der Waals surface area contributed by atoms with Crippen molar-refractivity contribution in [1.29, 1.82) is 0 Å². The molecule has 0 spiro atoms. The van der Waals surface area contributed by atoms with Crippen molar-refractivity contribution in [2.75, 3.05) is 13.1 Å². The van der Waals surface area contributed by atoms with Crippen LogP contribution in [0.15, 0.2) is 40.3 Å². The topological polar surface area (TPSA) is 128 Å². The van der Waals surface area contributed by atoms with E-state index in [2.05, 4.69) is 10.3 Å². The molecule has 2 aromatic rings. The molecule has 2 aliphatic rings. The van der Waals surface area contributed by atoms with Crippen LogP contribution < -0.4 is 5.14 Å². The van der Waals surface area contributed by atoms with Gasteiger partial charge in [0, 0.05) is 25.2 Å². The van der Waals surface area contributed by atoms with Crippen molar-refractivity contribution in [3.05, 3.63) is 36.2 Å². The molecule has 2 heterocycles. The number of rotatable bonds is 5. The molecule has 2 N–H and O–H groups in total. The number of aromatic nitrogens is 3. The molecule has 4 rings (SSSR count). The molecular formula is C14H17N5O4S2. The Morgan fingerprint density at radius 1 is 1.00 bits per heavy atom. The normalized spacial score (nSPS) is 19.7. The highest BCUT2D eigenvalue weighted by molar-refractivity contribution is 7.89. The zero-order valence-corrected chi connectivity index (χ0v) is 14.8. The quantitative estimate of drug-likeness (QED) is 0.777. The van der Waals surface area contributed by atoms with E-state index in [4.69, 9.17) is 5.14 Å². The molecule has 9 nitrogen and oxygen atoms in total. The van der Waals surface area contributed by atoms with Crippen molar-refractivity contribution in [1.82, 2.24) is 19.3 Å². The van der Waals surface area contributed by atoms with E-state index in [1.54, 1.807) is 4.68 Å². The van der Waals surface area contributed by atoms with E-state index in [1.807, 2.05) is 6.20 Å². The summed E-state index contributed by atoms with van der Waals surface area (Å²) in [5, 5.41) is 13.2. The standard InChI is InChI=1S/C14H17N5O4S2/c15-24(20,21)12-3-5-13(6-4-12)25(22,23)18-7-11(8-18)19-9-14(16-17-19)10-1-2-10/h3-6,9-11H,1-2,7-8H2,(H2,15,20,21). The van der Waals surface area contributed by atoms with Gasteiger partial charge in [-0.2, -0.15) is 4.31 Å². The predicted molar refractivity (Wildman–Crippen MR) is 87.6 cm³/mol. The highest BCUT2D eigenvalue weighted by atomic mass is 32.2. The third-order valence-electron chi connectivity index (χ3n) is 4.52. The summed E-state index contributed by atoms with van der Waals surface area (Å²) in [4.78, 5) is -0.0845. The first kappa shape index (κ1) is 16.6. The lowest BCUT2D eigenvalue weighted by Crippen LogP contribution is -2.50. The van der Waals surface area contributed by atoms with Crippen LogP contribution in [-0.2, 0) is 20.0 Å². The summed E-state index contributed by atoms with van der Waals surface area (Å²) < 4.78 is 50.7. The summed E-state index contributed by atoms with van der Waals surface area (Å²) in [6.45, 7) is 0.624. The molecule has 1 aromatic carbocycles. The summed E-state index contributed by atoms with van der Waals surface area (Å²) in [6, 6.07) is 4.86. The second-order valence-electron chi connectivity index (χ2n) is 6.39. The maximum absolute atomic E-state index is 12.6. The Kier molecular flexibility index (Phi) is 3.72. The fourth-order valence-electron chi connectivity index (χ4n) is 2.77. The van der Waals surface area contributed by atoms with Crippen LogP contribution in [0, 0.1) is 0 Å². The molecule has 0 bridgehead atoms. The zero-order chi connectivity index (χ0) is 17.8. The van der Waals surface area contributed by atoms with Crippen molar-refractivity contribution in [2.45, 2.75) is 34.6 Å². The highest BCUT2D eigenvalue weighted by Gasteiger charge is 2.39. The third-order valence-corrected chi connectivity index (χ3v) is 7.29. The Morgan fingerprint density at radius 3 is 2.16 bits per heavy atom. The molecule has 1 aromatic heterocycles. The second-order valence-corrected chi connectivity index (χ2v) is 9.89. The molecule has 11 heteroatoms. The number of sulfonamides is 2. The number of benzene rings is 1. The van der Waals surface area contributed by atoms with Gasteiger partial charge < -0.3 is 0 Å². The second kappa shape index (κ2) is 5.59. The molecular weight excluding hydrogens is 366 g/mol. The van der Waals surface area contributed by atoms with Crippen LogP contribution in [0.4, 0.5) is 0 Å². The van der Waals surface area contributed by atoms with Crippen molar-refractivity contribution in [2.24, 2.45) is 5.14 Å². The molecule has 1 saturated heterocycles. The minimum absolute atomic E-state index is 0.0292. The number of hydrogen-bond donors (Lipinski definition) is 1. The molecule has 1 aliphatic carbocycles. The average molecular weight is 383 g/mol. The number of nitrogens with two attached hydrogens (primary N) is 1. The van der Waals surface area contributed by atoms with Gasteiger partial charge in [-0.3, -0.25) is 0 Å². The zero-order valence-electron chi connectivity index (χ0n) is 13.2. The van der Waals surface area contributed by atoms with Gasteiger partial charge in [-0.25, -0.2) is 26.7 Å². The summed E-state index contributed by atoms with van der Waals surface area (Å²) in [7, 11) is -7.51. The number of nitrogens with zero attached hydrogens (tertiary/aromatic N) is 4. The molecule has 2 fully saturated rings. The van der Waals surface area contributed by atoms with Gasteiger partial charge in [-0.1, -0.05) is 5.21 Å². The van der Waals surface area contributed by atoms with E-state index in [0.717, 1.165) is 18.5 Å². The molecule has 1 saturated carbocycles. The summed E-state index contributed by atoms with van der Waals surface area (Å²) in [5.74, 6) is 0.506. The molecule has 25 heavy (non-hydrogen) atoms. The fraction of sp³-hybridized carbons (Fsp3) is 0.429. The van der Waals surface area contributed by atoms with Gasteiger partial charge in [-0.15, -0.1) is 5.10 Å². The Bertz CT molecular complexity index is 1000. The fourth-order valence-corrected chi connectivity index (χ4v) is 4.80. The maximum Gasteiger partial charge on any atom is 0.243 e. The lowest BCUT2D eigenvalue weighted by Gasteiger charge is -2.37. The van der Waals surface area contributed by atoms with Crippen molar-refractivity contribution in [3.63, 3.8) is 0 Å². The summed E-state index contributed by atoms with van der Waals surface area (Å²) in [6.07, 6.45) is 4.17. The monoisotopic (exact) mass is 383 g/mol. The van der Waals surface area contributed by atoms with Crippen LogP contribution in [0.3, 0.4) is 0 Å². The minimum atomic E-state index is -3.85. The lowest BCUT2D eigenvalue weighted by atomic mass is 10.2. The van der Waals surface area contributed by atoms with Crippen LogP contribution in [0.2, 0.25) is 0 Å². The van der Waals surface area contributed by atoms with Crippen LogP contribution in [0.5, 0.6) is 0 Å². The van der Waals surface area contributed by atoms with E-state index in [-0.39, 0.29) is 15.8 Å². The molecule has 0 unspecified atom stereocenters. The van der Waals surface area contributed by atoms with Crippen LogP contribution in [0.25, 0.3) is 0 Å². The Morgan fingerprint density at radius 2 is 1.60 bits per heavy atom. The summed E-state index contributed by atoms with van der Waals surface area (Å²) in [5.41, 5.74) is 0.972. The van der Waals surface area contributed by atoms with Crippen molar-refractivity contribution < 1.29 is 16.8 Å². The molecule has 1 aliphatic heterocycles. The highest BCUT2D eigenvalue weighted by Crippen LogP contribution is 2.39. The molecule has 0 atom stereocenters. The smallest absolute Gasteiger partial charge is 0.243 e. The Balaban J connectivity index is 1.46. The van der Waals surface area contributed by atoms with E-state index in [0.29, 0.717) is 19.0 Å². The predicted octanol–water partition coefficient (Wildman–Crippen LogP) is 0.0485. The first-order valence-electron chi connectivity index (χ1n) is 7.80. The van der Waals surface area contributed by atoms with Gasteiger partial charge in [0.05, 0.1) is 21.5 Å². The van der Waals surface area contributed by atoms with Crippen molar-refractivity contribution >= 4 is 20.0 Å². The molecule has 0 radical (unpaired) electrons. The summed E-state index contributed by atoms with van der Waals surface area (Å²) >= 11 is 0. The third kappa shape index (κ3) is 3.08. The Labute approximate surface area is 145 Å².